The molecule has 0 saturated heterocycles. The molecule has 1 aliphatic heterocycles. The minimum atomic E-state index is -0.772. The van der Waals surface area contributed by atoms with Gasteiger partial charge >= 0.3 is 0 Å². The zero-order chi connectivity index (χ0) is 18.5. The molecule has 0 fully saturated rings. The van der Waals surface area contributed by atoms with Crippen molar-refractivity contribution < 1.29 is 9.84 Å². The van der Waals surface area contributed by atoms with Gasteiger partial charge in [-0.3, -0.25) is 0 Å². The lowest BCUT2D eigenvalue weighted by atomic mass is 9.90. The number of thioether (sulfide) groups is 1. The highest BCUT2D eigenvalue weighted by Crippen LogP contribution is 2.48. The first-order valence-corrected chi connectivity index (χ1v) is 9.36. The van der Waals surface area contributed by atoms with Gasteiger partial charge in [0, 0.05) is 10.6 Å². The number of aliphatic hydroxyl groups excluding tert-OH is 1. The fourth-order valence-electron chi connectivity index (χ4n) is 3.07. The number of halogens is 1. The zero-order valence-electron chi connectivity index (χ0n) is 14.2. The van der Waals surface area contributed by atoms with Crippen LogP contribution in [0.4, 0.5) is 0 Å². The van der Waals surface area contributed by atoms with E-state index in [-0.39, 0.29) is 5.25 Å². The van der Waals surface area contributed by atoms with E-state index in [0.717, 1.165) is 16.6 Å². The fraction of sp³-hybridized carbons (Fsp3) is 0.263. The SMILES string of the molecule is CC1(C)Oc2ccc(C#N)cc2[C@@H](Sc2nc3cc(Cl)ccc3[nH]2)[C@H]1O. The van der Waals surface area contributed by atoms with Crippen molar-refractivity contribution in [2.24, 2.45) is 0 Å². The molecule has 26 heavy (non-hydrogen) atoms. The smallest absolute Gasteiger partial charge is 0.167 e. The van der Waals surface area contributed by atoms with Gasteiger partial charge in [-0.1, -0.05) is 23.4 Å². The van der Waals surface area contributed by atoms with Gasteiger partial charge in [0.05, 0.1) is 27.9 Å². The summed E-state index contributed by atoms with van der Waals surface area (Å²) >= 11 is 7.45. The minimum absolute atomic E-state index is 0.321. The molecule has 4 rings (SSSR count). The highest BCUT2D eigenvalue weighted by atomic mass is 35.5. The number of aromatic amines is 1. The average molecular weight is 386 g/mol. The normalized spacial score (nSPS) is 21.0. The van der Waals surface area contributed by atoms with Crippen LogP contribution in [0.15, 0.2) is 41.6 Å². The Balaban J connectivity index is 1.77. The van der Waals surface area contributed by atoms with E-state index in [1.54, 1.807) is 30.3 Å². The van der Waals surface area contributed by atoms with Gasteiger partial charge in [0.15, 0.2) is 5.16 Å². The fourth-order valence-corrected chi connectivity index (χ4v) is 4.57. The van der Waals surface area contributed by atoms with Crippen LogP contribution in [0.25, 0.3) is 11.0 Å². The van der Waals surface area contributed by atoms with Crippen molar-refractivity contribution >= 4 is 34.4 Å². The van der Waals surface area contributed by atoms with E-state index in [1.165, 1.54) is 11.8 Å². The molecule has 0 spiro atoms. The van der Waals surface area contributed by atoms with E-state index < -0.39 is 11.7 Å². The number of H-pyrrole nitrogens is 1. The Bertz CT molecular complexity index is 1040. The van der Waals surface area contributed by atoms with E-state index >= 15 is 0 Å². The second kappa shape index (κ2) is 6.20. The molecule has 3 aromatic rings. The Morgan fingerprint density at radius 1 is 1.31 bits per heavy atom. The number of nitriles is 1. The number of fused-ring (bicyclic) bond motifs is 2. The van der Waals surface area contributed by atoms with Gasteiger partial charge in [0.2, 0.25) is 0 Å². The highest BCUT2D eigenvalue weighted by molar-refractivity contribution is 7.99. The summed E-state index contributed by atoms with van der Waals surface area (Å²) in [4.78, 5) is 7.83. The van der Waals surface area contributed by atoms with Gasteiger partial charge in [0.25, 0.3) is 0 Å². The molecule has 2 aromatic carbocycles. The largest absolute Gasteiger partial charge is 0.485 e. The van der Waals surface area contributed by atoms with Crippen LogP contribution in [0.5, 0.6) is 5.75 Å². The van der Waals surface area contributed by atoms with Gasteiger partial charge in [0.1, 0.15) is 17.5 Å². The predicted octanol–water partition coefficient (Wildman–Crippen LogP) is 4.45. The first-order chi connectivity index (χ1) is 12.4. The molecule has 2 heterocycles. The van der Waals surface area contributed by atoms with Crippen LogP contribution in [0, 0.1) is 11.3 Å². The summed E-state index contributed by atoms with van der Waals surface area (Å²) < 4.78 is 5.95. The molecule has 0 unspecified atom stereocenters. The third kappa shape index (κ3) is 2.92. The van der Waals surface area contributed by atoms with Crippen LogP contribution in [0.1, 0.15) is 30.2 Å². The van der Waals surface area contributed by atoms with Crippen molar-refractivity contribution in [2.45, 2.75) is 36.0 Å². The molecule has 1 aromatic heterocycles. The summed E-state index contributed by atoms with van der Waals surface area (Å²) in [5.74, 6) is 0.677. The molecule has 132 valence electrons. The summed E-state index contributed by atoms with van der Waals surface area (Å²) in [7, 11) is 0. The quantitative estimate of drug-likeness (QED) is 0.680. The highest BCUT2D eigenvalue weighted by Gasteiger charge is 2.43. The van der Waals surface area contributed by atoms with Crippen molar-refractivity contribution in [2.75, 3.05) is 0 Å². The molecule has 7 heteroatoms. The van der Waals surface area contributed by atoms with Crippen molar-refractivity contribution in [1.82, 2.24) is 9.97 Å². The van der Waals surface area contributed by atoms with Crippen molar-refractivity contribution in [3.8, 4) is 11.8 Å². The number of nitrogens with one attached hydrogen (secondary N) is 1. The Morgan fingerprint density at radius 3 is 2.88 bits per heavy atom. The topological polar surface area (TPSA) is 81.9 Å². The molecule has 0 bridgehead atoms. The number of ether oxygens (including phenoxy) is 1. The standard InChI is InChI=1S/C19H16ClN3O2S/c1-19(2)17(24)16(12-7-10(9-21)3-6-15(12)25-19)26-18-22-13-5-4-11(20)8-14(13)23-18/h3-8,16-17,24H,1-2H3,(H,22,23)/t16-,17-/m1/s1. The molecule has 0 radical (unpaired) electrons. The van der Waals surface area contributed by atoms with Crippen molar-refractivity contribution in [1.29, 1.82) is 5.26 Å². The maximum atomic E-state index is 10.9. The average Bonchev–Trinajstić information content (AvgIpc) is 3.00. The minimum Gasteiger partial charge on any atom is -0.485 e. The van der Waals surface area contributed by atoms with Crippen LogP contribution in [0.2, 0.25) is 5.02 Å². The second-order valence-corrected chi connectivity index (χ2v) is 8.32. The maximum absolute atomic E-state index is 10.9. The van der Waals surface area contributed by atoms with Crippen molar-refractivity contribution in [3.63, 3.8) is 0 Å². The zero-order valence-corrected chi connectivity index (χ0v) is 15.7. The van der Waals surface area contributed by atoms with Crippen LogP contribution >= 0.6 is 23.4 Å². The lowest BCUT2D eigenvalue weighted by molar-refractivity contribution is -0.0430. The molecular weight excluding hydrogens is 370 g/mol. The lowest BCUT2D eigenvalue weighted by Gasteiger charge is -2.41. The molecule has 0 amide bonds. The molecule has 2 N–H and O–H groups in total. The van der Waals surface area contributed by atoms with Crippen LogP contribution < -0.4 is 4.74 Å². The summed E-state index contributed by atoms with van der Waals surface area (Å²) in [6.07, 6.45) is -0.772. The number of hydrogen-bond donors (Lipinski definition) is 2. The summed E-state index contributed by atoms with van der Waals surface area (Å²) in [6.45, 7) is 3.70. The molecule has 0 saturated carbocycles. The number of hydrogen-bond acceptors (Lipinski definition) is 5. The molecule has 1 aliphatic rings. The number of imidazole rings is 1. The van der Waals surface area contributed by atoms with E-state index in [4.69, 9.17) is 16.3 Å². The van der Waals surface area contributed by atoms with Crippen molar-refractivity contribution in [3.05, 3.63) is 52.5 Å². The van der Waals surface area contributed by atoms with E-state index in [2.05, 4.69) is 16.0 Å². The Labute approximate surface area is 160 Å². The third-order valence-electron chi connectivity index (χ3n) is 4.48. The van der Waals surface area contributed by atoms with Gasteiger partial charge < -0.3 is 14.8 Å². The molecular formula is C19H16ClN3O2S. The number of aliphatic hydroxyl groups is 1. The van der Waals surface area contributed by atoms with Gasteiger partial charge in [-0.25, -0.2) is 4.98 Å². The monoisotopic (exact) mass is 385 g/mol. The number of benzene rings is 2. The van der Waals surface area contributed by atoms with E-state index in [1.807, 2.05) is 19.9 Å². The van der Waals surface area contributed by atoms with Crippen LogP contribution in [-0.2, 0) is 0 Å². The van der Waals surface area contributed by atoms with Gasteiger partial charge in [-0.2, -0.15) is 5.26 Å². The summed E-state index contributed by atoms with van der Waals surface area (Å²) in [5.41, 5.74) is 2.21. The lowest BCUT2D eigenvalue weighted by Crippen LogP contribution is -2.48. The van der Waals surface area contributed by atoms with Crippen LogP contribution in [0.3, 0.4) is 0 Å². The summed E-state index contributed by atoms with van der Waals surface area (Å²) in [6, 6.07) is 12.9. The maximum Gasteiger partial charge on any atom is 0.167 e. The molecule has 0 aliphatic carbocycles. The first kappa shape index (κ1) is 17.2. The Hall–Kier alpha value is -2.20. The summed E-state index contributed by atoms with van der Waals surface area (Å²) in [5, 5.41) is 21.1. The first-order valence-electron chi connectivity index (χ1n) is 8.10. The number of rotatable bonds is 2. The predicted molar refractivity (Wildman–Crippen MR) is 102 cm³/mol. The van der Waals surface area contributed by atoms with Crippen LogP contribution in [-0.4, -0.2) is 26.8 Å². The Morgan fingerprint density at radius 2 is 2.12 bits per heavy atom. The van der Waals surface area contributed by atoms with Gasteiger partial charge in [-0.15, -0.1) is 0 Å². The van der Waals surface area contributed by atoms with E-state index in [0.29, 0.717) is 21.5 Å². The number of nitrogens with zero attached hydrogens (tertiary/aromatic N) is 2. The van der Waals surface area contributed by atoms with Gasteiger partial charge in [-0.05, 0) is 50.2 Å². The molecule has 2 atom stereocenters. The molecule has 5 nitrogen and oxygen atoms in total. The number of aromatic nitrogens is 2. The Kier molecular flexibility index (Phi) is 4.11. The third-order valence-corrected chi connectivity index (χ3v) is 5.90. The van der Waals surface area contributed by atoms with E-state index in [9.17, 15) is 10.4 Å². The second-order valence-electron chi connectivity index (χ2n) is 6.76.